The summed E-state index contributed by atoms with van der Waals surface area (Å²) in [5.74, 6) is 0. The summed E-state index contributed by atoms with van der Waals surface area (Å²) in [5.41, 5.74) is 3.45. The van der Waals surface area contributed by atoms with E-state index in [4.69, 9.17) is 24.3 Å². The Balaban J connectivity index is 1.58. The minimum absolute atomic E-state index is 0.278. The Morgan fingerprint density at radius 1 is 1.17 bits per heavy atom. The molecule has 0 aliphatic carbocycles. The molecule has 10 heteroatoms. The van der Waals surface area contributed by atoms with Crippen molar-refractivity contribution in [3.8, 4) is 0 Å². The van der Waals surface area contributed by atoms with Gasteiger partial charge in [0.05, 0.1) is 30.8 Å². The molecular weight excluding hydrogens is 474 g/mol. The molecule has 1 amide bonds. The summed E-state index contributed by atoms with van der Waals surface area (Å²) in [6, 6.07) is 3.30. The molecule has 0 unspecified atom stereocenters. The second-order valence-electron chi connectivity index (χ2n) is 11.8. The van der Waals surface area contributed by atoms with Crippen LogP contribution in [-0.4, -0.2) is 85.4 Å². The Bertz CT molecular complexity index is 1100. The Kier molecular flexibility index (Phi) is 8.06. The van der Waals surface area contributed by atoms with Crippen molar-refractivity contribution in [2.75, 3.05) is 50.9 Å². The fraction of sp³-hybridized carbons (Fsp3) is 0.654. The van der Waals surface area contributed by atoms with Gasteiger partial charge in [-0.25, -0.2) is 14.5 Å². The highest BCUT2D eigenvalue weighted by Crippen LogP contribution is 2.31. The average Bonchev–Trinajstić information content (AvgIpc) is 3.19. The average molecular weight is 516 g/mol. The van der Waals surface area contributed by atoms with Gasteiger partial charge in [0, 0.05) is 46.2 Å². The lowest BCUT2D eigenvalue weighted by Crippen LogP contribution is -2.39. The van der Waals surface area contributed by atoms with Crippen LogP contribution in [0.25, 0.3) is 16.6 Å². The van der Waals surface area contributed by atoms with E-state index in [1.54, 1.807) is 4.90 Å². The highest BCUT2D eigenvalue weighted by molar-refractivity contribution is 6.76. The maximum atomic E-state index is 12.5. The number of hydrogen-bond acceptors (Lipinski definition) is 7. The minimum Gasteiger partial charge on any atom is -0.444 e. The summed E-state index contributed by atoms with van der Waals surface area (Å²) >= 11 is 0. The van der Waals surface area contributed by atoms with Crippen molar-refractivity contribution in [3.63, 3.8) is 0 Å². The van der Waals surface area contributed by atoms with Crippen molar-refractivity contribution in [2.24, 2.45) is 0 Å². The molecule has 198 valence electrons. The largest absolute Gasteiger partial charge is 0.444 e. The molecule has 0 N–H and O–H groups in total. The van der Waals surface area contributed by atoms with Crippen LogP contribution in [-0.2, 0) is 20.9 Å². The van der Waals surface area contributed by atoms with Crippen molar-refractivity contribution < 1.29 is 19.0 Å². The molecule has 0 atom stereocenters. The summed E-state index contributed by atoms with van der Waals surface area (Å²) in [6.45, 7) is 18.1. The van der Waals surface area contributed by atoms with E-state index < -0.39 is 13.7 Å². The Morgan fingerprint density at radius 2 is 1.92 bits per heavy atom. The summed E-state index contributed by atoms with van der Waals surface area (Å²) in [6.07, 6.45) is 4.45. The second-order valence-corrected chi connectivity index (χ2v) is 17.4. The Labute approximate surface area is 215 Å². The first-order valence-corrected chi connectivity index (χ1v) is 16.7. The molecule has 1 saturated heterocycles. The first-order chi connectivity index (χ1) is 17.0. The lowest BCUT2D eigenvalue weighted by molar-refractivity contribution is 0.0270. The number of hydrogen-bond donors (Lipinski definition) is 0. The van der Waals surface area contributed by atoms with Crippen molar-refractivity contribution >= 4 is 36.5 Å². The Hall–Kier alpha value is -2.43. The summed E-state index contributed by atoms with van der Waals surface area (Å²) in [7, 11) is -1.17. The fourth-order valence-corrected chi connectivity index (χ4v) is 5.03. The van der Waals surface area contributed by atoms with E-state index in [2.05, 4.69) is 36.7 Å². The van der Waals surface area contributed by atoms with Crippen molar-refractivity contribution in [2.45, 2.75) is 65.2 Å². The van der Waals surface area contributed by atoms with Gasteiger partial charge in [0.2, 0.25) is 0 Å². The van der Waals surface area contributed by atoms with Crippen LogP contribution in [0.4, 0.5) is 10.5 Å². The fourth-order valence-electron chi connectivity index (χ4n) is 4.28. The molecule has 2 aromatic rings. The highest BCUT2D eigenvalue weighted by atomic mass is 28.3. The third-order valence-electron chi connectivity index (χ3n) is 6.32. The van der Waals surface area contributed by atoms with Crippen LogP contribution in [0.5, 0.6) is 0 Å². The topological polar surface area (TPSA) is 82.0 Å². The van der Waals surface area contributed by atoms with E-state index in [1.807, 2.05) is 31.6 Å². The predicted molar refractivity (Wildman–Crippen MR) is 145 cm³/mol. The van der Waals surface area contributed by atoms with Crippen LogP contribution in [0.15, 0.2) is 18.3 Å². The first-order valence-electron chi connectivity index (χ1n) is 12.9. The number of carbonyl (C=O) groups excluding carboxylic acids is 1. The molecule has 0 spiro atoms. The molecule has 2 aromatic heterocycles. The first kappa shape index (κ1) is 26.6. The molecule has 0 aromatic carbocycles. The van der Waals surface area contributed by atoms with E-state index in [9.17, 15) is 4.79 Å². The molecule has 0 saturated carbocycles. The monoisotopic (exact) mass is 515 g/mol. The standard InChI is InChI=1S/C26H41N5O4Si/c1-26(2,3)35-25(32)30-9-7-20(8-10-30)23-22-17-21(29-11-13-33-14-12-29)18-27-24(22)31(28-23)19-34-15-16-36(4,5)6/h7,17-18H,8-16,19H2,1-6H3. The molecule has 4 heterocycles. The van der Waals surface area contributed by atoms with Gasteiger partial charge in [-0.2, -0.15) is 5.10 Å². The number of aromatic nitrogens is 3. The number of ether oxygens (including phenoxy) is 3. The maximum absolute atomic E-state index is 12.5. The molecule has 0 radical (unpaired) electrons. The van der Waals surface area contributed by atoms with Gasteiger partial charge in [0.15, 0.2) is 5.65 Å². The second kappa shape index (κ2) is 10.9. The van der Waals surface area contributed by atoms with Gasteiger partial charge in [-0.1, -0.05) is 25.7 Å². The highest BCUT2D eigenvalue weighted by Gasteiger charge is 2.26. The zero-order valence-corrected chi connectivity index (χ0v) is 23.7. The summed E-state index contributed by atoms with van der Waals surface area (Å²) < 4.78 is 19.0. The van der Waals surface area contributed by atoms with Crippen LogP contribution in [0.2, 0.25) is 25.7 Å². The van der Waals surface area contributed by atoms with E-state index >= 15 is 0 Å². The molecule has 36 heavy (non-hydrogen) atoms. The summed E-state index contributed by atoms with van der Waals surface area (Å²) in [4.78, 5) is 21.4. The Morgan fingerprint density at radius 3 is 2.56 bits per heavy atom. The lowest BCUT2D eigenvalue weighted by Gasteiger charge is -2.29. The van der Waals surface area contributed by atoms with Crippen molar-refractivity contribution in [3.05, 3.63) is 24.0 Å². The zero-order valence-electron chi connectivity index (χ0n) is 22.7. The SMILES string of the molecule is CC(C)(C)OC(=O)N1CC=C(c2nn(COCC[Si](C)(C)C)c3ncc(N4CCOCC4)cc23)CC1. The number of morpholine rings is 1. The van der Waals surface area contributed by atoms with E-state index in [-0.39, 0.29) is 6.09 Å². The maximum Gasteiger partial charge on any atom is 0.410 e. The van der Waals surface area contributed by atoms with Crippen LogP contribution in [0.3, 0.4) is 0 Å². The van der Waals surface area contributed by atoms with Gasteiger partial charge >= 0.3 is 6.09 Å². The van der Waals surface area contributed by atoms with E-state index in [1.165, 1.54) is 0 Å². The van der Waals surface area contributed by atoms with Crippen molar-refractivity contribution in [1.29, 1.82) is 0 Å². The van der Waals surface area contributed by atoms with Gasteiger partial charge in [-0.15, -0.1) is 0 Å². The predicted octanol–water partition coefficient (Wildman–Crippen LogP) is 4.60. The van der Waals surface area contributed by atoms with Crippen LogP contribution in [0.1, 0.15) is 32.9 Å². The van der Waals surface area contributed by atoms with Gasteiger partial charge in [-0.05, 0) is 44.9 Å². The van der Waals surface area contributed by atoms with Gasteiger partial charge < -0.3 is 24.0 Å². The molecular formula is C26H41N5O4Si. The molecule has 2 aliphatic heterocycles. The van der Waals surface area contributed by atoms with Gasteiger partial charge in [0.1, 0.15) is 12.3 Å². The van der Waals surface area contributed by atoms with Crippen LogP contribution < -0.4 is 4.90 Å². The summed E-state index contributed by atoms with van der Waals surface area (Å²) in [5, 5.41) is 5.98. The van der Waals surface area contributed by atoms with Crippen LogP contribution >= 0.6 is 0 Å². The number of pyridine rings is 1. The molecule has 0 bridgehead atoms. The molecule has 1 fully saturated rings. The number of fused-ring (bicyclic) bond motifs is 1. The number of rotatable bonds is 7. The van der Waals surface area contributed by atoms with Crippen LogP contribution in [0, 0.1) is 0 Å². The number of amides is 1. The quantitative estimate of drug-likeness (QED) is 0.394. The smallest absolute Gasteiger partial charge is 0.410 e. The minimum atomic E-state index is -1.17. The number of anilines is 1. The van der Waals surface area contributed by atoms with Gasteiger partial charge in [-0.3, -0.25) is 0 Å². The lowest BCUT2D eigenvalue weighted by atomic mass is 10.0. The normalized spacial score (nSPS) is 17.4. The number of carbonyl (C=O) groups is 1. The third kappa shape index (κ3) is 6.86. The van der Waals surface area contributed by atoms with Crippen molar-refractivity contribution in [1.82, 2.24) is 19.7 Å². The van der Waals surface area contributed by atoms with E-state index in [0.29, 0.717) is 26.2 Å². The zero-order chi connectivity index (χ0) is 25.9. The molecule has 4 rings (SSSR count). The molecule has 9 nitrogen and oxygen atoms in total. The molecule has 2 aliphatic rings. The van der Waals surface area contributed by atoms with E-state index in [0.717, 1.165) is 66.9 Å². The third-order valence-corrected chi connectivity index (χ3v) is 8.03. The van der Waals surface area contributed by atoms with Gasteiger partial charge in [0.25, 0.3) is 0 Å². The number of nitrogens with zero attached hydrogens (tertiary/aromatic N) is 5.